The largest absolute Gasteiger partial charge is 0.376 e. The molecule has 88 valence electrons. The Morgan fingerprint density at radius 2 is 1.93 bits per heavy atom. The van der Waals surface area contributed by atoms with Crippen molar-refractivity contribution in [3.8, 4) is 0 Å². The summed E-state index contributed by atoms with van der Waals surface area (Å²) in [5.41, 5.74) is 6.17. The first-order chi connectivity index (χ1) is 7.36. The third-order valence-electron chi connectivity index (χ3n) is 3.65. The first-order valence-corrected chi connectivity index (χ1v) is 6.31. The molecule has 2 atom stereocenters. The molecule has 0 amide bonds. The van der Waals surface area contributed by atoms with E-state index in [0.29, 0.717) is 13.2 Å². The molecule has 3 heteroatoms. The summed E-state index contributed by atoms with van der Waals surface area (Å²) >= 11 is 0. The fourth-order valence-electron chi connectivity index (χ4n) is 2.71. The number of nitrogens with two attached hydrogens (primary N) is 1. The van der Waals surface area contributed by atoms with Gasteiger partial charge in [0.1, 0.15) is 0 Å². The SMILES string of the molecule is N[C@@H](CC1CCCCC1)[C@@H]1COCCO1. The van der Waals surface area contributed by atoms with Crippen LogP contribution in [0.2, 0.25) is 0 Å². The van der Waals surface area contributed by atoms with Crippen LogP contribution in [0.4, 0.5) is 0 Å². The molecular weight excluding hydrogens is 190 g/mol. The summed E-state index contributed by atoms with van der Waals surface area (Å²) in [6.45, 7) is 2.13. The monoisotopic (exact) mass is 213 g/mol. The minimum Gasteiger partial charge on any atom is -0.376 e. The molecule has 0 unspecified atom stereocenters. The summed E-state index contributed by atoms with van der Waals surface area (Å²) in [5.74, 6) is 0.833. The lowest BCUT2D eigenvalue weighted by molar-refractivity contribution is -0.0993. The molecule has 2 fully saturated rings. The van der Waals surface area contributed by atoms with Gasteiger partial charge in [-0.2, -0.15) is 0 Å². The first-order valence-electron chi connectivity index (χ1n) is 6.31. The highest BCUT2D eigenvalue weighted by Crippen LogP contribution is 2.28. The van der Waals surface area contributed by atoms with Crippen molar-refractivity contribution >= 4 is 0 Å². The molecule has 2 rings (SSSR count). The van der Waals surface area contributed by atoms with E-state index in [1.54, 1.807) is 0 Å². The van der Waals surface area contributed by atoms with Crippen LogP contribution in [0.3, 0.4) is 0 Å². The molecule has 0 aromatic heterocycles. The Labute approximate surface area is 92.3 Å². The van der Waals surface area contributed by atoms with E-state index >= 15 is 0 Å². The number of hydrogen-bond acceptors (Lipinski definition) is 3. The standard InChI is InChI=1S/C12H23NO2/c13-11(12-9-14-6-7-15-12)8-10-4-2-1-3-5-10/h10-12H,1-9,13H2/t11-,12-/m0/s1. The van der Waals surface area contributed by atoms with Gasteiger partial charge < -0.3 is 15.2 Å². The van der Waals surface area contributed by atoms with Crippen molar-refractivity contribution in [1.29, 1.82) is 0 Å². The van der Waals surface area contributed by atoms with E-state index in [-0.39, 0.29) is 12.1 Å². The Bertz CT molecular complexity index is 174. The fraction of sp³-hybridized carbons (Fsp3) is 1.00. The van der Waals surface area contributed by atoms with Crippen LogP contribution < -0.4 is 5.73 Å². The van der Waals surface area contributed by atoms with Crippen molar-refractivity contribution in [3.63, 3.8) is 0 Å². The minimum absolute atomic E-state index is 0.140. The summed E-state index contributed by atoms with van der Waals surface area (Å²) < 4.78 is 11.0. The Hall–Kier alpha value is -0.120. The van der Waals surface area contributed by atoms with Gasteiger partial charge in [0.25, 0.3) is 0 Å². The molecule has 15 heavy (non-hydrogen) atoms. The molecule has 1 saturated heterocycles. The highest BCUT2D eigenvalue weighted by atomic mass is 16.6. The van der Waals surface area contributed by atoms with E-state index in [1.807, 2.05) is 0 Å². The highest BCUT2D eigenvalue weighted by Gasteiger charge is 2.25. The van der Waals surface area contributed by atoms with Crippen molar-refractivity contribution in [2.24, 2.45) is 11.7 Å². The molecule has 2 aliphatic rings. The molecule has 0 bridgehead atoms. The summed E-state index contributed by atoms with van der Waals surface area (Å²) in [7, 11) is 0. The molecule has 1 aliphatic carbocycles. The van der Waals surface area contributed by atoms with E-state index in [2.05, 4.69) is 0 Å². The second-order valence-corrected chi connectivity index (χ2v) is 4.89. The predicted octanol–water partition coefficient (Wildman–Crippen LogP) is 1.70. The van der Waals surface area contributed by atoms with Crippen LogP contribution in [-0.2, 0) is 9.47 Å². The third-order valence-corrected chi connectivity index (χ3v) is 3.65. The molecule has 1 heterocycles. The van der Waals surface area contributed by atoms with Gasteiger partial charge in [0.05, 0.1) is 25.9 Å². The van der Waals surface area contributed by atoms with Gasteiger partial charge in [-0.15, -0.1) is 0 Å². The van der Waals surface area contributed by atoms with Crippen LogP contribution in [-0.4, -0.2) is 32.0 Å². The van der Waals surface area contributed by atoms with Crippen molar-refractivity contribution in [1.82, 2.24) is 0 Å². The molecular formula is C12H23NO2. The third kappa shape index (κ3) is 3.44. The number of ether oxygens (including phenoxy) is 2. The summed E-state index contributed by atoms with van der Waals surface area (Å²) in [4.78, 5) is 0. The summed E-state index contributed by atoms with van der Waals surface area (Å²) in [6.07, 6.45) is 8.17. The lowest BCUT2D eigenvalue weighted by atomic mass is 9.84. The normalized spacial score (nSPS) is 31.4. The van der Waals surface area contributed by atoms with E-state index in [0.717, 1.165) is 18.9 Å². The molecule has 0 radical (unpaired) electrons. The molecule has 1 aliphatic heterocycles. The van der Waals surface area contributed by atoms with E-state index in [4.69, 9.17) is 15.2 Å². The van der Waals surface area contributed by atoms with Gasteiger partial charge >= 0.3 is 0 Å². The molecule has 1 saturated carbocycles. The summed E-state index contributed by atoms with van der Waals surface area (Å²) in [5, 5.41) is 0. The fourth-order valence-corrected chi connectivity index (χ4v) is 2.71. The van der Waals surface area contributed by atoms with E-state index in [1.165, 1.54) is 32.1 Å². The topological polar surface area (TPSA) is 44.5 Å². The molecule has 2 N–H and O–H groups in total. The zero-order chi connectivity index (χ0) is 10.5. The van der Waals surface area contributed by atoms with Crippen LogP contribution in [0.1, 0.15) is 38.5 Å². The maximum atomic E-state index is 6.17. The van der Waals surface area contributed by atoms with Gasteiger partial charge in [0.2, 0.25) is 0 Å². The van der Waals surface area contributed by atoms with Crippen molar-refractivity contribution in [2.75, 3.05) is 19.8 Å². The van der Waals surface area contributed by atoms with Crippen LogP contribution in [0.5, 0.6) is 0 Å². The van der Waals surface area contributed by atoms with E-state index in [9.17, 15) is 0 Å². The van der Waals surface area contributed by atoms with Crippen molar-refractivity contribution < 1.29 is 9.47 Å². The number of rotatable bonds is 3. The average molecular weight is 213 g/mol. The van der Waals surface area contributed by atoms with Crippen LogP contribution in [0, 0.1) is 5.92 Å². The summed E-state index contributed by atoms with van der Waals surface area (Å²) in [6, 6.07) is 0.174. The minimum atomic E-state index is 0.140. The smallest absolute Gasteiger partial charge is 0.0960 e. The zero-order valence-electron chi connectivity index (χ0n) is 9.49. The van der Waals surface area contributed by atoms with Gasteiger partial charge in [-0.3, -0.25) is 0 Å². The number of hydrogen-bond donors (Lipinski definition) is 1. The van der Waals surface area contributed by atoms with Crippen LogP contribution >= 0.6 is 0 Å². The highest BCUT2D eigenvalue weighted by molar-refractivity contribution is 4.79. The van der Waals surface area contributed by atoms with Crippen molar-refractivity contribution in [2.45, 2.75) is 50.7 Å². The van der Waals surface area contributed by atoms with Crippen LogP contribution in [0.25, 0.3) is 0 Å². The Morgan fingerprint density at radius 1 is 1.13 bits per heavy atom. The van der Waals surface area contributed by atoms with E-state index < -0.39 is 0 Å². The first kappa shape index (κ1) is 11.4. The van der Waals surface area contributed by atoms with Gasteiger partial charge in [-0.05, 0) is 12.3 Å². The second kappa shape index (κ2) is 5.83. The van der Waals surface area contributed by atoms with Gasteiger partial charge in [-0.1, -0.05) is 32.1 Å². The lowest BCUT2D eigenvalue weighted by Gasteiger charge is -2.31. The van der Waals surface area contributed by atoms with Gasteiger partial charge in [-0.25, -0.2) is 0 Å². The van der Waals surface area contributed by atoms with Gasteiger partial charge in [0.15, 0.2) is 0 Å². The predicted molar refractivity (Wildman–Crippen MR) is 59.7 cm³/mol. The Morgan fingerprint density at radius 3 is 2.60 bits per heavy atom. The Kier molecular flexibility index (Phi) is 4.42. The zero-order valence-corrected chi connectivity index (χ0v) is 9.49. The van der Waals surface area contributed by atoms with Gasteiger partial charge in [0, 0.05) is 6.04 Å². The molecule has 0 spiro atoms. The molecule has 3 nitrogen and oxygen atoms in total. The quantitative estimate of drug-likeness (QED) is 0.776. The van der Waals surface area contributed by atoms with Crippen molar-refractivity contribution in [3.05, 3.63) is 0 Å². The maximum Gasteiger partial charge on any atom is 0.0960 e. The molecule has 0 aromatic carbocycles. The lowest BCUT2D eigenvalue weighted by Crippen LogP contribution is -2.44. The maximum absolute atomic E-state index is 6.17. The second-order valence-electron chi connectivity index (χ2n) is 4.89. The Balaban J connectivity index is 1.72. The van der Waals surface area contributed by atoms with Crippen LogP contribution in [0.15, 0.2) is 0 Å². The molecule has 0 aromatic rings. The average Bonchev–Trinajstić information content (AvgIpc) is 2.31.